The molecule has 17 heavy (non-hydrogen) atoms. The van der Waals surface area contributed by atoms with E-state index in [4.69, 9.17) is 11.3 Å². The van der Waals surface area contributed by atoms with E-state index in [0.717, 1.165) is 0 Å². The number of nitrogens with zero attached hydrogens (tertiary/aromatic N) is 2. The highest BCUT2D eigenvalue weighted by atomic mass is 19.1. The Bertz CT molecular complexity index is 322. The van der Waals surface area contributed by atoms with Gasteiger partial charge in [0.25, 0.3) is 0 Å². The van der Waals surface area contributed by atoms with Crippen molar-refractivity contribution in [3.05, 3.63) is 11.4 Å². The van der Waals surface area contributed by atoms with Crippen LogP contribution in [0.4, 0.5) is 9.18 Å². The second-order valence-corrected chi connectivity index (χ2v) is 5.43. The first-order valence-corrected chi connectivity index (χ1v) is 5.76. The zero-order valence-corrected chi connectivity index (χ0v) is 10.6. The molecule has 4 nitrogen and oxygen atoms in total. The fourth-order valence-corrected chi connectivity index (χ4v) is 1.72. The van der Waals surface area contributed by atoms with Crippen molar-refractivity contribution in [2.24, 2.45) is 0 Å². The third-order valence-electron chi connectivity index (χ3n) is 2.67. The minimum Gasteiger partial charge on any atom is -0.444 e. The average molecular weight is 242 g/mol. The Morgan fingerprint density at radius 2 is 2.00 bits per heavy atom. The predicted octanol–water partition coefficient (Wildman–Crippen LogP) is 2.64. The van der Waals surface area contributed by atoms with Crippen molar-refractivity contribution in [3.8, 4) is 0 Å². The van der Waals surface area contributed by atoms with Gasteiger partial charge in [0.2, 0.25) is 6.54 Å². The van der Waals surface area contributed by atoms with Gasteiger partial charge in [0.15, 0.2) is 5.67 Å². The van der Waals surface area contributed by atoms with Crippen LogP contribution >= 0.6 is 0 Å². The van der Waals surface area contributed by atoms with Crippen LogP contribution in [0.15, 0.2) is 0 Å². The van der Waals surface area contributed by atoms with Crippen molar-refractivity contribution in [1.29, 1.82) is 0 Å². The lowest BCUT2D eigenvalue weighted by molar-refractivity contribution is 0.00629. The first-order valence-electron chi connectivity index (χ1n) is 5.76. The van der Waals surface area contributed by atoms with Crippen molar-refractivity contribution >= 4 is 6.09 Å². The molecule has 1 fully saturated rings. The maximum atomic E-state index is 14.0. The molecule has 1 aliphatic heterocycles. The summed E-state index contributed by atoms with van der Waals surface area (Å²) in [4.78, 5) is 16.3. The van der Waals surface area contributed by atoms with Crippen LogP contribution in [-0.2, 0) is 4.74 Å². The first kappa shape index (κ1) is 13.8. The summed E-state index contributed by atoms with van der Waals surface area (Å²) in [5, 5.41) is 0. The van der Waals surface area contributed by atoms with E-state index in [9.17, 15) is 9.18 Å². The number of carbonyl (C=O) groups excluding carboxylic acids is 1. The largest absolute Gasteiger partial charge is 0.444 e. The number of hydrogen-bond acceptors (Lipinski definition) is 2. The van der Waals surface area contributed by atoms with Gasteiger partial charge in [-0.2, -0.15) is 0 Å². The molecule has 0 aromatic heterocycles. The summed E-state index contributed by atoms with van der Waals surface area (Å²) in [6.45, 7) is 12.6. The zero-order chi connectivity index (χ0) is 13.1. The van der Waals surface area contributed by atoms with E-state index in [1.165, 1.54) is 4.90 Å². The molecule has 96 valence electrons. The van der Waals surface area contributed by atoms with Gasteiger partial charge in [0, 0.05) is 25.9 Å². The molecule has 0 bridgehead atoms. The number of rotatable bonds is 1. The molecule has 0 spiro atoms. The number of likely N-dealkylation sites (tertiary alicyclic amines) is 1. The van der Waals surface area contributed by atoms with Gasteiger partial charge < -0.3 is 14.5 Å². The number of amides is 1. The minimum atomic E-state index is -1.43. The summed E-state index contributed by atoms with van der Waals surface area (Å²) in [5.41, 5.74) is -1.96. The molecular formula is C12H19FN2O2. The quantitative estimate of drug-likeness (QED) is 0.662. The summed E-state index contributed by atoms with van der Waals surface area (Å²) in [7, 11) is 0. The van der Waals surface area contributed by atoms with Gasteiger partial charge in [0.1, 0.15) is 5.60 Å². The van der Waals surface area contributed by atoms with Gasteiger partial charge in [-0.1, -0.05) is 0 Å². The van der Waals surface area contributed by atoms with E-state index in [2.05, 4.69) is 4.85 Å². The smallest absolute Gasteiger partial charge is 0.410 e. The van der Waals surface area contributed by atoms with Gasteiger partial charge in [-0.3, -0.25) is 0 Å². The molecule has 5 heteroatoms. The third-order valence-corrected chi connectivity index (χ3v) is 2.67. The van der Waals surface area contributed by atoms with Crippen LogP contribution in [0, 0.1) is 6.57 Å². The summed E-state index contributed by atoms with van der Waals surface area (Å²) < 4.78 is 19.2. The molecule has 0 aliphatic carbocycles. The van der Waals surface area contributed by atoms with Gasteiger partial charge in [-0.05, 0) is 20.8 Å². The van der Waals surface area contributed by atoms with Crippen LogP contribution in [0.1, 0.15) is 33.6 Å². The molecule has 0 saturated carbocycles. The Morgan fingerprint density at radius 3 is 2.41 bits per heavy atom. The van der Waals surface area contributed by atoms with Crippen molar-refractivity contribution in [2.45, 2.75) is 44.9 Å². The summed E-state index contributed by atoms with van der Waals surface area (Å²) in [6, 6.07) is 0. The van der Waals surface area contributed by atoms with Gasteiger partial charge in [-0.25, -0.2) is 15.8 Å². The lowest BCUT2D eigenvalue weighted by Gasteiger charge is -2.34. The molecule has 0 N–H and O–H groups in total. The normalized spacial score (nSPS) is 19.6. The lowest BCUT2D eigenvalue weighted by atomic mass is 9.94. The maximum Gasteiger partial charge on any atom is 0.410 e. The maximum absolute atomic E-state index is 14.0. The number of carbonyl (C=O) groups is 1. The van der Waals surface area contributed by atoms with Crippen molar-refractivity contribution < 1.29 is 13.9 Å². The molecule has 1 aliphatic rings. The molecular weight excluding hydrogens is 223 g/mol. The Balaban J connectivity index is 2.47. The standard InChI is InChI=1S/C12H19FN2O2/c1-11(2,3)17-10(16)15-7-5-12(13,6-8-15)9-14-4/h5-9H2,1-3H3. The molecule has 0 atom stereocenters. The number of halogens is 1. The average Bonchev–Trinajstić information content (AvgIpc) is 2.15. The molecule has 0 aromatic rings. The summed E-state index contributed by atoms with van der Waals surface area (Å²) in [6.07, 6.45) is 0.0332. The second kappa shape index (κ2) is 4.91. The molecule has 0 radical (unpaired) electrons. The van der Waals surface area contributed by atoms with Crippen LogP contribution in [-0.4, -0.2) is 41.9 Å². The lowest BCUT2D eigenvalue weighted by Crippen LogP contribution is -2.47. The van der Waals surface area contributed by atoms with Gasteiger partial charge in [-0.15, -0.1) is 0 Å². The molecule has 0 unspecified atom stereocenters. The number of piperidine rings is 1. The Hall–Kier alpha value is -1.31. The van der Waals surface area contributed by atoms with Crippen LogP contribution in [0.25, 0.3) is 4.85 Å². The van der Waals surface area contributed by atoms with E-state index in [-0.39, 0.29) is 19.4 Å². The first-order chi connectivity index (χ1) is 7.76. The highest BCUT2D eigenvalue weighted by Crippen LogP contribution is 2.27. The van der Waals surface area contributed by atoms with E-state index >= 15 is 0 Å². The molecule has 1 amide bonds. The zero-order valence-electron chi connectivity index (χ0n) is 10.6. The van der Waals surface area contributed by atoms with E-state index < -0.39 is 17.4 Å². The Kier molecular flexibility index (Phi) is 3.97. The van der Waals surface area contributed by atoms with Crippen molar-refractivity contribution in [3.63, 3.8) is 0 Å². The SMILES string of the molecule is [C-]#[N+]CC1(F)CCN(C(=O)OC(C)(C)C)CC1. The second-order valence-electron chi connectivity index (χ2n) is 5.43. The van der Waals surface area contributed by atoms with Crippen LogP contribution < -0.4 is 0 Å². The monoisotopic (exact) mass is 242 g/mol. The summed E-state index contributed by atoms with van der Waals surface area (Å²) >= 11 is 0. The molecule has 1 saturated heterocycles. The number of alkyl halides is 1. The number of ether oxygens (including phenoxy) is 1. The molecule has 1 rings (SSSR count). The predicted molar refractivity (Wildman–Crippen MR) is 62.3 cm³/mol. The highest BCUT2D eigenvalue weighted by Gasteiger charge is 2.39. The number of hydrogen-bond donors (Lipinski definition) is 0. The fraction of sp³-hybridized carbons (Fsp3) is 0.833. The third kappa shape index (κ3) is 4.22. The van der Waals surface area contributed by atoms with E-state index in [1.807, 2.05) is 0 Å². The molecule has 0 aromatic carbocycles. The van der Waals surface area contributed by atoms with Gasteiger partial charge >= 0.3 is 6.09 Å². The van der Waals surface area contributed by atoms with E-state index in [1.54, 1.807) is 20.8 Å². The van der Waals surface area contributed by atoms with Crippen LogP contribution in [0.5, 0.6) is 0 Å². The Labute approximate surface area is 102 Å². The summed E-state index contributed by atoms with van der Waals surface area (Å²) in [5.74, 6) is 0. The van der Waals surface area contributed by atoms with Crippen molar-refractivity contribution in [2.75, 3.05) is 19.6 Å². The van der Waals surface area contributed by atoms with Gasteiger partial charge in [0.05, 0.1) is 0 Å². The minimum absolute atomic E-state index is 0.116. The molecule has 1 heterocycles. The van der Waals surface area contributed by atoms with Crippen molar-refractivity contribution in [1.82, 2.24) is 4.90 Å². The fourth-order valence-electron chi connectivity index (χ4n) is 1.72. The van der Waals surface area contributed by atoms with Crippen LogP contribution in [0.2, 0.25) is 0 Å². The Morgan fingerprint density at radius 1 is 1.47 bits per heavy atom. The van der Waals surface area contributed by atoms with E-state index in [0.29, 0.717) is 13.1 Å². The topological polar surface area (TPSA) is 33.9 Å². The van der Waals surface area contributed by atoms with Crippen LogP contribution in [0.3, 0.4) is 0 Å². The highest BCUT2D eigenvalue weighted by molar-refractivity contribution is 5.68.